The number of carbonyl (C=O) groups is 1. The summed E-state index contributed by atoms with van der Waals surface area (Å²) >= 11 is 6.04. The van der Waals surface area contributed by atoms with Crippen molar-refractivity contribution < 1.29 is 18.7 Å². The van der Waals surface area contributed by atoms with Gasteiger partial charge in [-0.3, -0.25) is 9.88 Å². The molecule has 1 aliphatic heterocycles. The van der Waals surface area contributed by atoms with E-state index in [2.05, 4.69) is 9.88 Å². The van der Waals surface area contributed by atoms with E-state index in [4.69, 9.17) is 21.1 Å². The molecule has 6 nitrogen and oxygen atoms in total. The Hall–Kier alpha value is -2.38. The smallest absolute Gasteiger partial charge is 0.415 e. The van der Waals surface area contributed by atoms with Crippen LogP contribution < -0.4 is 9.47 Å². The Morgan fingerprint density at radius 3 is 2.69 bits per heavy atom. The maximum absolute atomic E-state index is 13.1. The summed E-state index contributed by atoms with van der Waals surface area (Å²) in [5.41, 5.74) is 1.09. The number of nitrogens with zero attached hydrogens (tertiary/aromatic N) is 3. The lowest BCUT2D eigenvalue weighted by Crippen LogP contribution is -2.49. The number of rotatable bonds is 4. The van der Waals surface area contributed by atoms with Gasteiger partial charge in [-0.1, -0.05) is 17.7 Å². The van der Waals surface area contributed by atoms with Gasteiger partial charge in [0.05, 0.1) is 24.5 Å². The first kappa shape index (κ1) is 18.4. The van der Waals surface area contributed by atoms with Crippen molar-refractivity contribution in [3.63, 3.8) is 0 Å². The van der Waals surface area contributed by atoms with Crippen LogP contribution in [0.2, 0.25) is 5.02 Å². The molecule has 0 unspecified atom stereocenters. The lowest BCUT2D eigenvalue weighted by Gasteiger charge is -2.34. The van der Waals surface area contributed by atoms with Gasteiger partial charge < -0.3 is 14.4 Å². The molecule has 138 valence electrons. The van der Waals surface area contributed by atoms with Gasteiger partial charge in [0.1, 0.15) is 11.6 Å². The second kappa shape index (κ2) is 8.33. The first-order valence-corrected chi connectivity index (χ1v) is 8.55. The Labute approximate surface area is 156 Å². The lowest BCUT2D eigenvalue weighted by molar-refractivity contribution is 0.107. The predicted octanol–water partition coefficient (Wildman–Crippen LogP) is 3.20. The Kier molecular flexibility index (Phi) is 5.90. The molecule has 0 atom stereocenters. The van der Waals surface area contributed by atoms with Crippen molar-refractivity contribution in [3.05, 3.63) is 53.1 Å². The van der Waals surface area contributed by atoms with E-state index in [-0.39, 0.29) is 5.75 Å². The van der Waals surface area contributed by atoms with Gasteiger partial charge >= 0.3 is 6.09 Å². The molecule has 2 heterocycles. The quantitative estimate of drug-likeness (QED) is 0.816. The Morgan fingerprint density at radius 1 is 1.23 bits per heavy atom. The SMILES string of the molecule is COc1cc(CN2CCN(C(=O)Oc3cncc(F)c3)CC2)ccc1Cl. The molecular formula is C18H19ClFN3O3. The van der Waals surface area contributed by atoms with Crippen molar-refractivity contribution in [3.8, 4) is 11.5 Å². The normalized spacial score (nSPS) is 15.0. The first-order chi connectivity index (χ1) is 12.5. The number of aromatic nitrogens is 1. The van der Waals surface area contributed by atoms with Crippen molar-refractivity contribution >= 4 is 17.7 Å². The van der Waals surface area contributed by atoms with Crippen molar-refractivity contribution in [1.82, 2.24) is 14.8 Å². The van der Waals surface area contributed by atoms with Crippen molar-refractivity contribution in [2.75, 3.05) is 33.3 Å². The molecule has 1 saturated heterocycles. The van der Waals surface area contributed by atoms with Crippen LogP contribution in [-0.4, -0.2) is 54.2 Å². The van der Waals surface area contributed by atoms with Crippen molar-refractivity contribution in [2.45, 2.75) is 6.54 Å². The summed E-state index contributed by atoms with van der Waals surface area (Å²) in [4.78, 5) is 19.7. The van der Waals surface area contributed by atoms with E-state index in [0.29, 0.717) is 37.0 Å². The van der Waals surface area contributed by atoms with Crippen LogP contribution >= 0.6 is 11.6 Å². The van der Waals surface area contributed by atoms with Crippen LogP contribution in [0.15, 0.2) is 36.7 Å². The number of halogens is 2. The average Bonchev–Trinajstić information content (AvgIpc) is 2.64. The predicted molar refractivity (Wildman–Crippen MR) is 95.1 cm³/mol. The number of piperazine rings is 1. The zero-order chi connectivity index (χ0) is 18.5. The third-order valence-corrected chi connectivity index (χ3v) is 4.45. The number of methoxy groups -OCH3 is 1. The third-order valence-electron chi connectivity index (χ3n) is 4.14. The minimum absolute atomic E-state index is 0.102. The zero-order valence-corrected chi connectivity index (χ0v) is 15.1. The number of hydrogen-bond donors (Lipinski definition) is 0. The summed E-state index contributed by atoms with van der Waals surface area (Å²) in [7, 11) is 1.59. The molecule has 0 saturated carbocycles. The van der Waals surface area contributed by atoms with Gasteiger partial charge in [0.15, 0.2) is 5.75 Å². The molecule has 1 amide bonds. The monoisotopic (exact) mass is 379 g/mol. The minimum atomic E-state index is -0.543. The van der Waals surface area contributed by atoms with E-state index >= 15 is 0 Å². The highest BCUT2D eigenvalue weighted by atomic mass is 35.5. The van der Waals surface area contributed by atoms with Crippen molar-refractivity contribution in [2.24, 2.45) is 0 Å². The Morgan fingerprint density at radius 2 is 2.00 bits per heavy atom. The number of benzene rings is 1. The molecule has 1 aromatic heterocycles. The molecule has 1 aliphatic rings. The van der Waals surface area contributed by atoms with E-state index in [1.807, 2.05) is 18.2 Å². The summed E-state index contributed by atoms with van der Waals surface area (Å²) in [6.07, 6.45) is 1.87. The van der Waals surface area contributed by atoms with Gasteiger partial charge in [0, 0.05) is 38.8 Å². The zero-order valence-electron chi connectivity index (χ0n) is 14.3. The standard InChI is InChI=1S/C18H19ClFN3O3/c1-25-17-8-13(2-3-16(17)19)12-22-4-6-23(7-5-22)18(24)26-15-9-14(20)10-21-11-15/h2-3,8-11H,4-7,12H2,1H3. The van der Waals surface area contributed by atoms with Crippen LogP contribution in [0.25, 0.3) is 0 Å². The maximum Gasteiger partial charge on any atom is 0.415 e. The summed E-state index contributed by atoms with van der Waals surface area (Å²) in [6, 6.07) is 6.83. The van der Waals surface area contributed by atoms with E-state index in [1.54, 1.807) is 12.0 Å². The van der Waals surface area contributed by atoms with Crippen LogP contribution in [0.3, 0.4) is 0 Å². The molecule has 0 N–H and O–H groups in total. The molecular weight excluding hydrogens is 361 g/mol. The van der Waals surface area contributed by atoms with Gasteiger partial charge in [-0.15, -0.1) is 0 Å². The number of hydrogen-bond acceptors (Lipinski definition) is 5. The topological polar surface area (TPSA) is 54.9 Å². The fourth-order valence-corrected chi connectivity index (χ4v) is 2.96. The molecule has 26 heavy (non-hydrogen) atoms. The number of pyridine rings is 1. The van der Waals surface area contributed by atoms with Crippen LogP contribution in [0, 0.1) is 5.82 Å². The average molecular weight is 380 g/mol. The molecule has 8 heteroatoms. The highest BCUT2D eigenvalue weighted by molar-refractivity contribution is 6.32. The molecule has 3 rings (SSSR count). The van der Waals surface area contributed by atoms with E-state index < -0.39 is 11.9 Å². The van der Waals surface area contributed by atoms with E-state index in [0.717, 1.165) is 24.4 Å². The summed E-state index contributed by atoms with van der Waals surface area (Å²) < 4.78 is 23.5. The number of ether oxygens (including phenoxy) is 2. The second-order valence-electron chi connectivity index (χ2n) is 5.94. The highest BCUT2D eigenvalue weighted by Crippen LogP contribution is 2.25. The molecule has 0 bridgehead atoms. The van der Waals surface area contributed by atoms with Gasteiger partial charge in [-0.2, -0.15) is 0 Å². The largest absolute Gasteiger partial charge is 0.495 e. The van der Waals surface area contributed by atoms with Crippen LogP contribution in [0.1, 0.15) is 5.56 Å². The van der Waals surface area contributed by atoms with Crippen LogP contribution in [0.5, 0.6) is 11.5 Å². The van der Waals surface area contributed by atoms with Gasteiger partial charge in [0.25, 0.3) is 0 Å². The van der Waals surface area contributed by atoms with Gasteiger partial charge in [0.2, 0.25) is 0 Å². The van der Waals surface area contributed by atoms with E-state index in [9.17, 15) is 9.18 Å². The van der Waals surface area contributed by atoms with Gasteiger partial charge in [-0.25, -0.2) is 9.18 Å². The Balaban J connectivity index is 1.51. The fourth-order valence-electron chi connectivity index (χ4n) is 2.76. The fraction of sp³-hybridized carbons (Fsp3) is 0.333. The minimum Gasteiger partial charge on any atom is -0.495 e. The van der Waals surface area contributed by atoms with Crippen molar-refractivity contribution in [1.29, 1.82) is 0 Å². The molecule has 0 radical (unpaired) electrons. The molecule has 0 spiro atoms. The molecule has 1 fully saturated rings. The summed E-state index contributed by atoms with van der Waals surface area (Å²) in [5.74, 6) is 0.208. The van der Waals surface area contributed by atoms with E-state index in [1.165, 1.54) is 6.20 Å². The lowest BCUT2D eigenvalue weighted by atomic mass is 10.2. The number of amides is 1. The number of carbonyl (C=O) groups excluding carboxylic acids is 1. The maximum atomic E-state index is 13.1. The van der Waals surface area contributed by atoms with Crippen LogP contribution in [0.4, 0.5) is 9.18 Å². The third kappa shape index (κ3) is 4.62. The van der Waals surface area contributed by atoms with Crippen LogP contribution in [-0.2, 0) is 6.54 Å². The molecule has 2 aromatic rings. The summed E-state index contributed by atoms with van der Waals surface area (Å²) in [5, 5.41) is 0.579. The first-order valence-electron chi connectivity index (χ1n) is 8.17. The molecule has 1 aromatic carbocycles. The summed E-state index contributed by atoms with van der Waals surface area (Å²) in [6.45, 7) is 3.23. The second-order valence-corrected chi connectivity index (χ2v) is 6.35. The molecule has 0 aliphatic carbocycles. The Bertz CT molecular complexity index is 782. The van der Waals surface area contributed by atoms with Gasteiger partial charge in [-0.05, 0) is 17.7 Å². The highest BCUT2D eigenvalue weighted by Gasteiger charge is 2.23.